The fraction of sp³-hybridized carbons (Fsp3) is 0.0789. The summed E-state index contributed by atoms with van der Waals surface area (Å²) in [4.78, 5) is 2.63. The van der Waals surface area contributed by atoms with Crippen LogP contribution in [0.2, 0.25) is 0 Å². The molecule has 3 atom stereocenters. The van der Waals surface area contributed by atoms with Gasteiger partial charge in [-0.25, -0.2) is 0 Å². The standard InChI is InChI=1S/C76H51N/c1-3-16-51-42-53(32-28-46(51)14-1)72-58-21-5-6-22-59(58)74(54-33-29-47-15-2-4-17-52(47)43-54)68-45-56(37-40-66(68)72)77-69-27-12-11-20-57(69)67-44-55(36-41-70(67)77)73-60-23-7-9-25-62(60)76(63-26-10-8-24-61(63)73)65-39-35-50-31-30-48-18-13-19-49-34-38-64(65)75(50)71(48)49/h1-30,32-34,36-38,40-45,50,57,69H,31,35,39H2. The molecular weight excluding hydrogens is 927 g/mol. The first-order valence-electron chi connectivity index (χ1n) is 27.6. The van der Waals surface area contributed by atoms with Crippen LogP contribution in [-0.4, -0.2) is 6.04 Å². The molecular formula is C76H51N. The molecule has 13 aromatic rings. The van der Waals surface area contributed by atoms with Gasteiger partial charge in [0.15, 0.2) is 0 Å². The van der Waals surface area contributed by atoms with Gasteiger partial charge in [-0.3, -0.25) is 0 Å². The van der Waals surface area contributed by atoms with E-state index in [0.717, 1.165) is 12.8 Å². The maximum Gasteiger partial charge on any atom is 0.0629 e. The van der Waals surface area contributed by atoms with Crippen LogP contribution in [0.3, 0.4) is 0 Å². The quantitative estimate of drug-likeness (QED) is 0.155. The van der Waals surface area contributed by atoms with Crippen molar-refractivity contribution in [1.29, 1.82) is 0 Å². The van der Waals surface area contributed by atoms with Crippen molar-refractivity contribution in [3.05, 3.63) is 276 Å². The molecule has 0 spiro atoms. The Morgan fingerprint density at radius 2 is 0.922 bits per heavy atom. The third-order valence-corrected chi connectivity index (χ3v) is 18.2. The fourth-order valence-electron chi connectivity index (χ4n) is 14.8. The predicted molar refractivity (Wildman–Crippen MR) is 328 cm³/mol. The zero-order chi connectivity index (χ0) is 50.3. The van der Waals surface area contributed by atoms with Crippen LogP contribution in [0.4, 0.5) is 11.4 Å². The van der Waals surface area contributed by atoms with Crippen molar-refractivity contribution in [2.45, 2.75) is 37.1 Å². The Morgan fingerprint density at radius 1 is 0.390 bits per heavy atom. The number of anilines is 2. The zero-order valence-corrected chi connectivity index (χ0v) is 42.5. The summed E-state index contributed by atoms with van der Waals surface area (Å²) in [6, 6.07) is 85.6. The summed E-state index contributed by atoms with van der Waals surface area (Å²) in [5.41, 5.74) is 15.9. The lowest BCUT2D eigenvalue weighted by atomic mass is 9.74. The summed E-state index contributed by atoms with van der Waals surface area (Å²) in [5.74, 6) is 0.751. The van der Waals surface area contributed by atoms with Crippen molar-refractivity contribution in [3.63, 3.8) is 0 Å². The summed E-state index contributed by atoms with van der Waals surface area (Å²) in [7, 11) is 0. The second-order valence-corrected chi connectivity index (χ2v) is 22.0. The summed E-state index contributed by atoms with van der Waals surface area (Å²) in [5, 5.41) is 21.0. The number of hydrogen-bond donors (Lipinski definition) is 0. The maximum atomic E-state index is 2.63. The molecule has 1 heteroatoms. The fourth-order valence-corrected chi connectivity index (χ4v) is 14.8. The first kappa shape index (κ1) is 43.0. The normalized spacial score (nSPS) is 17.3. The molecule has 77 heavy (non-hydrogen) atoms. The summed E-state index contributed by atoms with van der Waals surface area (Å²) < 4.78 is 0. The van der Waals surface area contributed by atoms with Gasteiger partial charge in [0.2, 0.25) is 0 Å². The number of hydrogen-bond acceptors (Lipinski definition) is 1. The average Bonchev–Trinajstić information content (AvgIpc) is 3.93. The third-order valence-electron chi connectivity index (χ3n) is 18.2. The Bertz CT molecular complexity index is 4880. The largest absolute Gasteiger partial charge is 0.333 e. The Balaban J connectivity index is 0.872. The van der Waals surface area contributed by atoms with Crippen LogP contribution < -0.4 is 15.3 Å². The van der Waals surface area contributed by atoms with E-state index in [9.17, 15) is 0 Å². The van der Waals surface area contributed by atoms with Crippen molar-refractivity contribution in [1.82, 2.24) is 0 Å². The molecule has 0 aromatic heterocycles. The number of benzene rings is 13. The minimum Gasteiger partial charge on any atom is -0.333 e. The number of allylic oxidation sites excluding steroid dienone is 2. The van der Waals surface area contributed by atoms with Crippen LogP contribution in [0, 0.1) is 0 Å². The molecule has 1 aliphatic heterocycles. The van der Waals surface area contributed by atoms with Crippen LogP contribution in [0.25, 0.3) is 120 Å². The van der Waals surface area contributed by atoms with E-state index in [2.05, 4.69) is 260 Å². The molecule has 0 saturated carbocycles. The van der Waals surface area contributed by atoms with Gasteiger partial charge >= 0.3 is 0 Å². The van der Waals surface area contributed by atoms with E-state index in [-0.39, 0.29) is 12.0 Å². The molecule has 0 radical (unpaired) electrons. The van der Waals surface area contributed by atoms with Crippen LogP contribution in [-0.2, 0) is 0 Å². The van der Waals surface area contributed by atoms with Crippen LogP contribution in [0.1, 0.15) is 47.8 Å². The smallest absolute Gasteiger partial charge is 0.0629 e. The van der Waals surface area contributed by atoms with E-state index in [1.54, 1.807) is 5.56 Å². The van der Waals surface area contributed by atoms with E-state index < -0.39 is 0 Å². The lowest BCUT2D eigenvalue weighted by Crippen LogP contribution is -2.28. The van der Waals surface area contributed by atoms with E-state index in [0.29, 0.717) is 5.92 Å². The molecule has 0 N–H and O–H groups in total. The van der Waals surface area contributed by atoms with Crippen molar-refractivity contribution in [2.24, 2.45) is 0 Å². The Morgan fingerprint density at radius 3 is 1.58 bits per heavy atom. The van der Waals surface area contributed by atoms with Crippen molar-refractivity contribution < 1.29 is 0 Å². The van der Waals surface area contributed by atoms with Crippen molar-refractivity contribution >= 4 is 98.4 Å². The lowest BCUT2D eigenvalue weighted by Gasteiger charge is -2.30. The molecule has 360 valence electrons. The lowest BCUT2D eigenvalue weighted by molar-refractivity contribution is 0.640. The van der Waals surface area contributed by atoms with Gasteiger partial charge in [-0.1, -0.05) is 218 Å². The summed E-state index contributed by atoms with van der Waals surface area (Å²) in [6.07, 6.45) is 15.2. The minimum atomic E-state index is 0.121. The van der Waals surface area contributed by atoms with Gasteiger partial charge in [0.25, 0.3) is 0 Å². The van der Waals surface area contributed by atoms with E-state index in [1.165, 1.54) is 154 Å². The van der Waals surface area contributed by atoms with Gasteiger partial charge in [-0.05, 0) is 203 Å². The monoisotopic (exact) mass is 977 g/mol. The second-order valence-electron chi connectivity index (χ2n) is 22.0. The average molecular weight is 978 g/mol. The Hall–Kier alpha value is -9.30. The van der Waals surface area contributed by atoms with Gasteiger partial charge in [0.05, 0.1) is 6.04 Å². The molecule has 0 amide bonds. The molecule has 0 bridgehead atoms. The maximum absolute atomic E-state index is 2.63. The molecule has 0 fully saturated rings. The van der Waals surface area contributed by atoms with E-state index >= 15 is 0 Å². The molecule has 17 rings (SSSR count). The van der Waals surface area contributed by atoms with Crippen molar-refractivity contribution in [3.8, 4) is 33.4 Å². The molecule has 1 heterocycles. The highest BCUT2D eigenvalue weighted by molar-refractivity contribution is 6.23. The Labute approximate surface area is 447 Å². The minimum absolute atomic E-state index is 0.121. The van der Waals surface area contributed by atoms with E-state index in [1.807, 2.05) is 0 Å². The Kier molecular flexibility index (Phi) is 9.27. The van der Waals surface area contributed by atoms with Crippen molar-refractivity contribution in [2.75, 3.05) is 4.90 Å². The molecule has 0 saturated heterocycles. The molecule has 1 nitrogen and oxygen atoms in total. The first-order valence-corrected chi connectivity index (χ1v) is 27.6. The second kappa shape index (κ2) is 16.6. The highest BCUT2D eigenvalue weighted by atomic mass is 15.2. The van der Waals surface area contributed by atoms with Crippen LogP contribution in [0.5, 0.6) is 0 Å². The van der Waals surface area contributed by atoms with E-state index in [4.69, 9.17) is 0 Å². The number of rotatable bonds is 5. The van der Waals surface area contributed by atoms with Crippen LogP contribution >= 0.6 is 0 Å². The SMILES string of the molecule is C1=CC2c3cc(-c4c5ccccc5c(C5=c6ccc7cccc8c7c6C(CC=8)CC5)c5ccccc45)ccc3N(c3ccc4c(-c5ccc6ccccc6c5)c5ccccc5c(-c5ccc6ccccc6c5)c4c3)C2C=C1. The van der Waals surface area contributed by atoms with Gasteiger partial charge in [0.1, 0.15) is 0 Å². The van der Waals surface area contributed by atoms with Gasteiger partial charge in [-0.15, -0.1) is 0 Å². The van der Waals surface area contributed by atoms with Gasteiger partial charge in [0, 0.05) is 17.3 Å². The highest BCUT2D eigenvalue weighted by Crippen LogP contribution is 2.53. The predicted octanol–water partition coefficient (Wildman–Crippen LogP) is 18.8. The topological polar surface area (TPSA) is 3.24 Å². The molecule has 3 unspecified atom stereocenters. The number of nitrogens with zero attached hydrogens (tertiary/aromatic N) is 1. The molecule has 3 aliphatic carbocycles. The molecule has 4 aliphatic rings. The third kappa shape index (κ3) is 6.35. The summed E-state index contributed by atoms with van der Waals surface area (Å²) in [6.45, 7) is 0. The number of fused-ring (bicyclic) bond motifs is 9. The van der Waals surface area contributed by atoms with Gasteiger partial charge in [-0.2, -0.15) is 0 Å². The first-order chi connectivity index (χ1) is 38.2. The van der Waals surface area contributed by atoms with Gasteiger partial charge < -0.3 is 4.90 Å². The highest BCUT2D eigenvalue weighted by Gasteiger charge is 2.38. The van der Waals surface area contributed by atoms with Crippen LogP contribution in [0.15, 0.2) is 249 Å². The summed E-state index contributed by atoms with van der Waals surface area (Å²) >= 11 is 0. The zero-order valence-electron chi connectivity index (χ0n) is 42.5. The molecule has 13 aromatic carbocycles.